The van der Waals surface area contributed by atoms with E-state index in [0.717, 1.165) is 11.1 Å². The van der Waals surface area contributed by atoms with E-state index in [1.165, 1.54) is 11.3 Å². The maximum absolute atomic E-state index is 12.2. The van der Waals surface area contributed by atoms with E-state index in [1.807, 2.05) is 12.1 Å². The van der Waals surface area contributed by atoms with E-state index in [1.54, 1.807) is 30.5 Å². The van der Waals surface area contributed by atoms with E-state index in [2.05, 4.69) is 15.5 Å². The number of nitrogens with one attached hydrogen (secondary N) is 1. The summed E-state index contributed by atoms with van der Waals surface area (Å²) in [7, 11) is 0. The quantitative estimate of drug-likeness (QED) is 0.551. The second-order valence-corrected chi connectivity index (χ2v) is 6.39. The summed E-state index contributed by atoms with van der Waals surface area (Å²) >= 11 is 7.25. The van der Waals surface area contributed by atoms with Gasteiger partial charge in [-0.2, -0.15) is 0 Å². The molecule has 0 atom stereocenters. The third-order valence-electron chi connectivity index (χ3n) is 3.34. The van der Waals surface area contributed by atoms with Gasteiger partial charge in [-0.1, -0.05) is 22.9 Å². The molecule has 6 nitrogen and oxygen atoms in total. The standard InChI is InChI=1S/C16H10ClN3O3S/c17-10-3-4-13-9(6-10)7-12(15(21)23-13)14-19-20-16(24-14)18-8-11-2-1-5-22-11/h1-7H,8H2,(H,18,20). The number of rotatable bonds is 4. The second-order valence-electron chi connectivity index (χ2n) is 4.97. The van der Waals surface area contributed by atoms with Gasteiger partial charge in [0, 0.05) is 10.4 Å². The van der Waals surface area contributed by atoms with Crippen molar-refractivity contribution in [3.8, 4) is 10.6 Å². The maximum Gasteiger partial charge on any atom is 0.346 e. The first-order chi connectivity index (χ1) is 11.7. The van der Waals surface area contributed by atoms with Gasteiger partial charge < -0.3 is 14.2 Å². The second kappa shape index (κ2) is 6.10. The van der Waals surface area contributed by atoms with Crippen molar-refractivity contribution in [2.75, 3.05) is 5.32 Å². The van der Waals surface area contributed by atoms with E-state index in [4.69, 9.17) is 20.4 Å². The zero-order valence-corrected chi connectivity index (χ0v) is 13.7. The Balaban J connectivity index is 1.65. The van der Waals surface area contributed by atoms with E-state index >= 15 is 0 Å². The van der Waals surface area contributed by atoms with Crippen LogP contribution in [0.1, 0.15) is 5.76 Å². The fourth-order valence-electron chi connectivity index (χ4n) is 2.22. The first-order valence-electron chi connectivity index (χ1n) is 7.02. The topological polar surface area (TPSA) is 81.2 Å². The number of anilines is 1. The molecule has 0 fully saturated rings. The number of nitrogens with zero attached hydrogens (tertiary/aromatic N) is 2. The molecule has 0 radical (unpaired) electrons. The summed E-state index contributed by atoms with van der Waals surface area (Å²) in [5, 5.41) is 13.6. The molecule has 0 bridgehead atoms. The van der Waals surface area contributed by atoms with E-state index < -0.39 is 5.63 Å². The SMILES string of the molecule is O=c1oc2ccc(Cl)cc2cc1-c1nnc(NCc2ccco2)s1. The van der Waals surface area contributed by atoms with Gasteiger partial charge in [-0.3, -0.25) is 0 Å². The molecule has 0 aliphatic heterocycles. The van der Waals surface area contributed by atoms with Crippen LogP contribution in [0.5, 0.6) is 0 Å². The lowest BCUT2D eigenvalue weighted by Gasteiger charge is -1.99. The van der Waals surface area contributed by atoms with Crippen LogP contribution >= 0.6 is 22.9 Å². The molecule has 0 aliphatic carbocycles. The zero-order chi connectivity index (χ0) is 16.5. The average molecular weight is 360 g/mol. The van der Waals surface area contributed by atoms with E-state index in [-0.39, 0.29) is 0 Å². The fraction of sp³-hybridized carbons (Fsp3) is 0.0625. The summed E-state index contributed by atoms with van der Waals surface area (Å²) < 4.78 is 10.6. The lowest BCUT2D eigenvalue weighted by Crippen LogP contribution is -2.02. The van der Waals surface area contributed by atoms with Gasteiger partial charge in [0.1, 0.15) is 11.3 Å². The number of fused-ring (bicyclic) bond motifs is 1. The Hall–Kier alpha value is -2.64. The van der Waals surface area contributed by atoms with Crippen molar-refractivity contribution in [2.24, 2.45) is 0 Å². The molecular formula is C16H10ClN3O3S. The van der Waals surface area contributed by atoms with Crippen molar-refractivity contribution >= 4 is 39.0 Å². The van der Waals surface area contributed by atoms with Crippen LogP contribution in [-0.2, 0) is 6.54 Å². The minimum atomic E-state index is -0.460. The van der Waals surface area contributed by atoms with Gasteiger partial charge in [0.05, 0.1) is 18.4 Å². The van der Waals surface area contributed by atoms with Gasteiger partial charge in [0.25, 0.3) is 0 Å². The molecule has 1 N–H and O–H groups in total. The Morgan fingerprint density at radius 3 is 2.96 bits per heavy atom. The van der Waals surface area contributed by atoms with Gasteiger partial charge in [0.15, 0.2) is 5.01 Å². The maximum atomic E-state index is 12.2. The van der Waals surface area contributed by atoms with Gasteiger partial charge in [-0.05, 0) is 36.4 Å². The number of hydrogen-bond acceptors (Lipinski definition) is 7. The number of hydrogen-bond donors (Lipinski definition) is 1. The summed E-state index contributed by atoms with van der Waals surface area (Å²) in [4.78, 5) is 12.2. The molecular weight excluding hydrogens is 350 g/mol. The van der Waals surface area contributed by atoms with Crippen LogP contribution in [0.15, 0.2) is 56.3 Å². The molecule has 8 heteroatoms. The van der Waals surface area contributed by atoms with Crippen LogP contribution in [-0.4, -0.2) is 10.2 Å². The highest BCUT2D eigenvalue weighted by atomic mass is 35.5. The summed E-state index contributed by atoms with van der Waals surface area (Å²) in [6, 6.07) is 10.5. The molecule has 3 aromatic heterocycles. The largest absolute Gasteiger partial charge is 0.467 e. The molecule has 0 amide bonds. The molecule has 0 saturated heterocycles. The van der Waals surface area contributed by atoms with Gasteiger partial charge in [-0.15, -0.1) is 10.2 Å². The van der Waals surface area contributed by atoms with Crippen molar-refractivity contribution in [3.05, 3.63) is 63.9 Å². The third-order valence-corrected chi connectivity index (χ3v) is 4.49. The highest BCUT2D eigenvalue weighted by Gasteiger charge is 2.13. The van der Waals surface area contributed by atoms with Crippen LogP contribution in [0.2, 0.25) is 5.02 Å². The molecule has 0 unspecified atom stereocenters. The Bertz CT molecular complexity index is 1060. The Morgan fingerprint density at radius 2 is 2.12 bits per heavy atom. The van der Waals surface area contributed by atoms with Crippen molar-refractivity contribution in [3.63, 3.8) is 0 Å². The smallest absolute Gasteiger partial charge is 0.346 e. The molecule has 0 aliphatic rings. The lowest BCUT2D eigenvalue weighted by molar-refractivity contribution is 0.518. The van der Waals surface area contributed by atoms with E-state index in [9.17, 15) is 4.79 Å². The number of furan rings is 1. The normalized spacial score (nSPS) is 11.0. The molecule has 0 saturated carbocycles. The van der Waals surface area contributed by atoms with Crippen LogP contribution in [0, 0.1) is 0 Å². The van der Waals surface area contributed by atoms with Gasteiger partial charge >= 0.3 is 5.63 Å². The highest BCUT2D eigenvalue weighted by Crippen LogP contribution is 2.27. The minimum absolute atomic E-state index is 0.355. The monoisotopic (exact) mass is 359 g/mol. The zero-order valence-electron chi connectivity index (χ0n) is 12.2. The van der Waals surface area contributed by atoms with Crippen LogP contribution in [0.4, 0.5) is 5.13 Å². The van der Waals surface area contributed by atoms with Crippen molar-refractivity contribution in [1.82, 2.24) is 10.2 Å². The summed E-state index contributed by atoms with van der Waals surface area (Å²) in [5.41, 5.74) is 0.376. The highest BCUT2D eigenvalue weighted by molar-refractivity contribution is 7.18. The molecule has 1 aromatic carbocycles. The Labute approximate surface area is 144 Å². The Morgan fingerprint density at radius 1 is 1.21 bits per heavy atom. The van der Waals surface area contributed by atoms with Crippen LogP contribution in [0.25, 0.3) is 21.5 Å². The first-order valence-corrected chi connectivity index (χ1v) is 8.22. The number of benzene rings is 1. The van der Waals surface area contributed by atoms with Crippen molar-refractivity contribution in [1.29, 1.82) is 0 Å². The lowest BCUT2D eigenvalue weighted by atomic mass is 10.2. The molecule has 4 rings (SSSR count). The molecule has 4 aromatic rings. The fourth-order valence-corrected chi connectivity index (χ4v) is 3.15. The predicted octanol–water partition coefficient (Wildman–Crippen LogP) is 4.17. The Kier molecular flexibility index (Phi) is 3.79. The molecule has 0 spiro atoms. The van der Waals surface area contributed by atoms with Gasteiger partial charge in [-0.25, -0.2) is 4.79 Å². The van der Waals surface area contributed by atoms with Crippen molar-refractivity contribution < 1.29 is 8.83 Å². The summed E-state index contributed by atoms with van der Waals surface area (Å²) in [6.45, 7) is 0.490. The average Bonchev–Trinajstić information content (AvgIpc) is 3.24. The number of halogens is 1. The van der Waals surface area contributed by atoms with E-state index in [0.29, 0.717) is 32.9 Å². The molecule has 3 heterocycles. The number of aromatic nitrogens is 2. The summed E-state index contributed by atoms with van der Waals surface area (Å²) in [6.07, 6.45) is 1.61. The first kappa shape index (κ1) is 14.9. The summed E-state index contributed by atoms with van der Waals surface area (Å²) in [5.74, 6) is 0.784. The van der Waals surface area contributed by atoms with Crippen LogP contribution in [0.3, 0.4) is 0 Å². The van der Waals surface area contributed by atoms with Crippen LogP contribution < -0.4 is 10.9 Å². The van der Waals surface area contributed by atoms with Crippen molar-refractivity contribution in [2.45, 2.75) is 6.54 Å². The molecule has 24 heavy (non-hydrogen) atoms. The third kappa shape index (κ3) is 2.91. The van der Waals surface area contributed by atoms with Gasteiger partial charge in [0.2, 0.25) is 5.13 Å². The molecule has 120 valence electrons. The predicted molar refractivity (Wildman–Crippen MR) is 92.4 cm³/mol. The minimum Gasteiger partial charge on any atom is -0.467 e.